The molecule has 9 nitrogen and oxygen atoms in total. The Balaban J connectivity index is 1.50. The number of aryl methyl sites for hydroxylation is 1. The number of aromatic nitrogens is 3. The fourth-order valence-electron chi connectivity index (χ4n) is 4.36. The fraction of sp³-hybridized carbons (Fsp3) is 0.269. The Kier molecular flexibility index (Phi) is 7.15. The fourth-order valence-corrected chi connectivity index (χ4v) is 4.93. The van der Waals surface area contributed by atoms with Gasteiger partial charge < -0.3 is 15.4 Å². The first-order valence-electron chi connectivity index (χ1n) is 12.0. The van der Waals surface area contributed by atoms with Crippen molar-refractivity contribution in [3.05, 3.63) is 66.5 Å². The number of hydrogen-bond acceptors (Lipinski definition) is 8. The first-order valence-corrected chi connectivity index (χ1v) is 13.6. The Morgan fingerprint density at radius 1 is 1.08 bits per heavy atom. The molecule has 0 spiro atoms. The Bertz CT molecular complexity index is 1530. The number of sulfonamides is 1. The largest absolute Gasteiger partial charge is 0.437 e. The molecule has 3 heterocycles. The van der Waals surface area contributed by atoms with E-state index in [1.54, 1.807) is 36.7 Å². The molecule has 4 aromatic rings. The van der Waals surface area contributed by atoms with E-state index < -0.39 is 16.0 Å². The first-order chi connectivity index (χ1) is 17.9. The SMILES string of the molecule is Cc1ccc2c(NS(=O)(=O)CF)cccc2c1Oc1ncccc1-c1ccnc(NC2CCCNC2)n1. The van der Waals surface area contributed by atoms with Gasteiger partial charge in [-0.15, -0.1) is 0 Å². The maximum Gasteiger partial charge on any atom is 0.262 e. The van der Waals surface area contributed by atoms with Crippen LogP contribution >= 0.6 is 0 Å². The molecule has 0 amide bonds. The quantitative estimate of drug-likeness (QED) is 0.307. The van der Waals surface area contributed by atoms with Gasteiger partial charge in [0, 0.05) is 35.8 Å². The van der Waals surface area contributed by atoms with E-state index in [1.165, 1.54) is 0 Å². The first kappa shape index (κ1) is 24.8. The molecule has 192 valence electrons. The molecular formula is C26H27FN6O3S. The standard InChI is InChI=1S/C26H27FN6O3S/c1-17-9-10-19-20(6-2-8-23(19)33-37(34,35)16-27)24(17)36-25-21(7-4-13-29-25)22-11-14-30-26(32-22)31-18-5-3-12-28-15-18/h2,4,6-11,13-14,18,28,33H,3,5,12,15-16H2,1H3,(H,30,31,32). The summed E-state index contributed by atoms with van der Waals surface area (Å²) in [5, 5.41) is 8.00. The maximum absolute atomic E-state index is 13.0. The summed E-state index contributed by atoms with van der Waals surface area (Å²) in [4.78, 5) is 13.5. The smallest absolute Gasteiger partial charge is 0.262 e. The second-order valence-electron chi connectivity index (χ2n) is 8.85. The van der Waals surface area contributed by atoms with Gasteiger partial charge in [0.1, 0.15) is 5.75 Å². The number of nitrogens with one attached hydrogen (secondary N) is 3. The predicted octanol–water partition coefficient (Wildman–Crippen LogP) is 4.63. The number of piperidine rings is 1. The van der Waals surface area contributed by atoms with Gasteiger partial charge >= 0.3 is 0 Å². The molecule has 0 aliphatic carbocycles. The molecule has 1 fully saturated rings. The zero-order valence-corrected chi connectivity index (χ0v) is 21.1. The highest BCUT2D eigenvalue weighted by molar-refractivity contribution is 7.92. The third kappa shape index (κ3) is 5.62. The monoisotopic (exact) mass is 522 g/mol. The summed E-state index contributed by atoms with van der Waals surface area (Å²) in [6, 6.07) is 12.9. The summed E-state index contributed by atoms with van der Waals surface area (Å²) >= 11 is 0. The van der Waals surface area contributed by atoms with E-state index in [4.69, 9.17) is 9.72 Å². The average molecular weight is 523 g/mol. The Labute approximate surface area is 214 Å². The lowest BCUT2D eigenvalue weighted by Gasteiger charge is -2.23. The van der Waals surface area contributed by atoms with E-state index in [-0.39, 0.29) is 11.7 Å². The van der Waals surface area contributed by atoms with Crippen molar-refractivity contribution in [2.45, 2.75) is 25.8 Å². The van der Waals surface area contributed by atoms with Gasteiger partial charge in [-0.05, 0) is 56.1 Å². The highest BCUT2D eigenvalue weighted by Crippen LogP contribution is 2.38. The van der Waals surface area contributed by atoms with Crippen molar-refractivity contribution in [2.75, 3.05) is 29.1 Å². The average Bonchev–Trinajstić information content (AvgIpc) is 2.91. The van der Waals surface area contributed by atoms with Crippen LogP contribution in [0.5, 0.6) is 11.6 Å². The van der Waals surface area contributed by atoms with Gasteiger partial charge in [0.05, 0.1) is 16.9 Å². The number of pyridine rings is 1. The third-order valence-electron chi connectivity index (χ3n) is 6.15. The van der Waals surface area contributed by atoms with E-state index in [1.807, 2.05) is 31.2 Å². The van der Waals surface area contributed by atoms with Crippen molar-refractivity contribution >= 4 is 32.4 Å². The number of ether oxygens (including phenoxy) is 1. The Hall–Kier alpha value is -3.83. The predicted molar refractivity (Wildman–Crippen MR) is 142 cm³/mol. The van der Waals surface area contributed by atoms with Gasteiger partial charge in [0.2, 0.25) is 17.8 Å². The van der Waals surface area contributed by atoms with Crippen LogP contribution < -0.4 is 20.1 Å². The molecule has 1 atom stereocenters. The minimum Gasteiger partial charge on any atom is -0.437 e. The van der Waals surface area contributed by atoms with Crippen molar-refractivity contribution in [3.63, 3.8) is 0 Å². The van der Waals surface area contributed by atoms with Crippen LogP contribution in [0.2, 0.25) is 0 Å². The van der Waals surface area contributed by atoms with Crippen LogP contribution in [0.4, 0.5) is 16.0 Å². The van der Waals surface area contributed by atoms with Gasteiger partial charge in [-0.1, -0.05) is 24.3 Å². The Morgan fingerprint density at radius 3 is 2.78 bits per heavy atom. The molecule has 1 saturated heterocycles. The molecule has 1 unspecified atom stereocenters. The zero-order chi connectivity index (χ0) is 25.8. The second kappa shape index (κ2) is 10.7. The van der Waals surface area contributed by atoms with E-state index in [9.17, 15) is 12.8 Å². The lowest BCUT2D eigenvalue weighted by Crippen LogP contribution is -2.38. The second-order valence-corrected chi connectivity index (χ2v) is 10.5. The maximum atomic E-state index is 13.0. The number of alkyl halides is 1. The van der Waals surface area contributed by atoms with Gasteiger partial charge in [0.15, 0.2) is 0 Å². The highest BCUT2D eigenvalue weighted by atomic mass is 32.2. The number of nitrogens with zero attached hydrogens (tertiary/aromatic N) is 3. The van der Waals surface area contributed by atoms with Crippen LogP contribution in [0.3, 0.4) is 0 Å². The molecule has 5 rings (SSSR count). The summed E-state index contributed by atoms with van der Waals surface area (Å²) in [6.45, 7) is 3.77. The minimum atomic E-state index is -4.10. The number of benzene rings is 2. The summed E-state index contributed by atoms with van der Waals surface area (Å²) in [7, 11) is -4.10. The highest BCUT2D eigenvalue weighted by Gasteiger charge is 2.18. The van der Waals surface area contributed by atoms with Crippen molar-refractivity contribution in [1.82, 2.24) is 20.3 Å². The van der Waals surface area contributed by atoms with Gasteiger partial charge in [-0.3, -0.25) is 4.72 Å². The van der Waals surface area contributed by atoms with Crippen LogP contribution in [0.15, 0.2) is 60.9 Å². The van der Waals surface area contributed by atoms with E-state index in [0.29, 0.717) is 39.6 Å². The van der Waals surface area contributed by atoms with Crippen LogP contribution in [0.25, 0.3) is 22.0 Å². The molecule has 37 heavy (non-hydrogen) atoms. The minimum absolute atomic E-state index is 0.260. The Morgan fingerprint density at radius 2 is 1.97 bits per heavy atom. The lowest BCUT2D eigenvalue weighted by atomic mass is 10.0. The molecule has 0 radical (unpaired) electrons. The van der Waals surface area contributed by atoms with E-state index in [2.05, 4.69) is 25.3 Å². The summed E-state index contributed by atoms with van der Waals surface area (Å²) < 4.78 is 45.3. The van der Waals surface area contributed by atoms with Crippen molar-refractivity contribution in [2.24, 2.45) is 0 Å². The van der Waals surface area contributed by atoms with Crippen molar-refractivity contribution < 1.29 is 17.5 Å². The molecule has 0 saturated carbocycles. The lowest BCUT2D eigenvalue weighted by molar-refractivity contribution is 0.466. The molecule has 1 aliphatic rings. The number of fused-ring (bicyclic) bond motifs is 1. The topological polar surface area (TPSA) is 118 Å². The van der Waals surface area contributed by atoms with E-state index in [0.717, 1.165) is 31.5 Å². The van der Waals surface area contributed by atoms with Crippen LogP contribution in [0, 0.1) is 6.92 Å². The molecule has 11 heteroatoms. The molecule has 3 N–H and O–H groups in total. The van der Waals surface area contributed by atoms with Crippen molar-refractivity contribution in [3.8, 4) is 22.9 Å². The van der Waals surface area contributed by atoms with Gasteiger partial charge in [-0.2, -0.15) is 0 Å². The van der Waals surface area contributed by atoms with Crippen LogP contribution in [0.1, 0.15) is 18.4 Å². The normalized spacial score (nSPS) is 15.9. The number of anilines is 2. The number of halogens is 1. The molecular weight excluding hydrogens is 495 g/mol. The molecule has 1 aliphatic heterocycles. The van der Waals surface area contributed by atoms with Crippen LogP contribution in [-0.4, -0.2) is 48.5 Å². The van der Waals surface area contributed by atoms with Crippen LogP contribution in [-0.2, 0) is 10.0 Å². The van der Waals surface area contributed by atoms with Crippen molar-refractivity contribution in [1.29, 1.82) is 0 Å². The third-order valence-corrected chi connectivity index (χ3v) is 6.97. The summed E-state index contributed by atoms with van der Waals surface area (Å²) in [5.41, 5.74) is 2.42. The van der Waals surface area contributed by atoms with Gasteiger partial charge in [0.25, 0.3) is 10.0 Å². The van der Waals surface area contributed by atoms with Gasteiger partial charge in [-0.25, -0.2) is 27.8 Å². The number of rotatable bonds is 8. The zero-order valence-electron chi connectivity index (χ0n) is 20.2. The number of hydrogen-bond donors (Lipinski definition) is 3. The summed E-state index contributed by atoms with van der Waals surface area (Å²) in [6.07, 6.45) is 5.48. The molecule has 2 aromatic heterocycles. The van der Waals surface area contributed by atoms with E-state index >= 15 is 0 Å². The molecule has 0 bridgehead atoms. The molecule has 2 aromatic carbocycles. The summed E-state index contributed by atoms with van der Waals surface area (Å²) in [5.74, 6) is 1.39.